The molecule has 0 aromatic carbocycles. The second kappa shape index (κ2) is 3.87. The lowest BCUT2D eigenvalue weighted by Gasteiger charge is -2.52. The van der Waals surface area contributed by atoms with Gasteiger partial charge in [0.1, 0.15) is 0 Å². The van der Waals surface area contributed by atoms with Gasteiger partial charge in [0.25, 0.3) is 0 Å². The largest absolute Gasteiger partial charge is 0.0651 e. The minimum absolute atomic E-state index is 0.553. The minimum atomic E-state index is 0.553. The van der Waals surface area contributed by atoms with Crippen molar-refractivity contribution in [2.45, 2.75) is 67.2 Å². The predicted octanol–water partition coefficient (Wildman–Crippen LogP) is 4.89. The summed E-state index contributed by atoms with van der Waals surface area (Å²) in [5.74, 6) is 1.86. The second-order valence-electron chi connectivity index (χ2n) is 6.62. The van der Waals surface area contributed by atoms with Crippen LogP contribution in [0.3, 0.4) is 0 Å². The third kappa shape index (κ3) is 2.15. The molecule has 0 saturated heterocycles. The molecule has 0 heteroatoms. The predicted molar refractivity (Wildman–Crippen MR) is 64.4 cm³/mol. The highest BCUT2D eigenvalue weighted by atomic mass is 14.5. The summed E-state index contributed by atoms with van der Waals surface area (Å²) in [5, 5.41) is 0. The molecular formula is C14H28. The van der Waals surface area contributed by atoms with Gasteiger partial charge < -0.3 is 0 Å². The molecule has 0 aliphatic heterocycles. The van der Waals surface area contributed by atoms with Crippen LogP contribution in [0.25, 0.3) is 0 Å². The van der Waals surface area contributed by atoms with Crippen molar-refractivity contribution >= 4 is 0 Å². The molecule has 14 heavy (non-hydrogen) atoms. The van der Waals surface area contributed by atoms with Crippen LogP contribution in [0.4, 0.5) is 0 Å². The van der Waals surface area contributed by atoms with E-state index < -0.39 is 0 Å². The molecule has 0 amide bonds. The summed E-state index contributed by atoms with van der Waals surface area (Å²) in [6.07, 6.45) is 5.58. The molecule has 1 aliphatic rings. The molecule has 0 radical (unpaired) electrons. The molecule has 1 aliphatic carbocycles. The molecular weight excluding hydrogens is 168 g/mol. The Hall–Kier alpha value is 0. The van der Waals surface area contributed by atoms with Crippen molar-refractivity contribution < 1.29 is 0 Å². The van der Waals surface area contributed by atoms with E-state index in [1.807, 2.05) is 0 Å². The zero-order valence-corrected chi connectivity index (χ0v) is 11.0. The van der Waals surface area contributed by atoms with Gasteiger partial charge in [0.2, 0.25) is 0 Å². The number of hydrogen-bond donors (Lipinski definition) is 0. The van der Waals surface area contributed by atoms with Crippen molar-refractivity contribution in [3.63, 3.8) is 0 Å². The average molecular weight is 196 g/mol. The Bertz CT molecular complexity index is 170. The highest BCUT2D eigenvalue weighted by molar-refractivity contribution is 4.95. The van der Waals surface area contributed by atoms with Crippen molar-refractivity contribution in [1.82, 2.24) is 0 Å². The third-order valence-electron chi connectivity index (χ3n) is 4.50. The summed E-state index contributed by atoms with van der Waals surface area (Å²) in [6.45, 7) is 14.6. The topological polar surface area (TPSA) is 0 Å². The van der Waals surface area contributed by atoms with E-state index in [0.717, 1.165) is 11.8 Å². The van der Waals surface area contributed by atoms with Crippen LogP contribution in [0.2, 0.25) is 0 Å². The van der Waals surface area contributed by atoms with Gasteiger partial charge in [-0.3, -0.25) is 0 Å². The first kappa shape index (κ1) is 12.1. The van der Waals surface area contributed by atoms with E-state index in [1.165, 1.54) is 25.7 Å². The van der Waals surface area contributed by atoms with Gasteiger partial charge in [-0.05, 0) is 35.5 Å². The van der Waals surface area contributed by atoms with Crippen LogP contribution in [-0.4, -0.2) is 0 Å². The molecule has 1 rings (SSSR count). The zero-order valence-electron chi connectivity index (χ0n) is 11.0. The van der Waals surface area contributed by atoms with Gasteiger partial charge >= 0.3 is 0 Å². The van der Waals surface area contributed by atoms with Crippen LogP contribution in [0, 0.1) is 22.7 Å². The molecule has 0 aromatic heterocycles. The molecule has 0 nitrogen and oxygen atoms in total. The summed E-state index contributed by atoms with van der Waals surface area (Å²) in [4.78, 5) is 0. The van der Waals surface area contributed by atoms with Crippen molar-refractivity contribution in [2.75, 3.05) is 0 Å². The molecule has 0 atom stereocenters. The van der Waals surface area contributed by atoms with Crippen molar-refractivity contribution in [3.8, 4) is 0 Å². The van der Waals surface area contributed by atoms with E-state index in [4.69, 9.17) is 0 Å². The van der Waals surface area contributed by atoms with Crippen LogP contribution >= 0.6 is 0 Å². The Kier molecular flexibility index (Phi) is 3.33. The third-order valence-corrected chi connectivity index (χ3v) is 4.50. The first-order chi connectivity index (χ1) is 6.33. The first-order valence-electron chi connectivity index (χ1n) is 6.33. The van der Waals surface area contributed by atoms with Crippen molar-refractivity contribution in [3.05, 3.63) is 0 Å². The van der Waals surface area contributed by atoms with E-state index in [-0.39, 0.29) is 0 Å². The summed E-state index contributed by atoms with van der Waals surface area (Å²) < 4.78 is 0. The van der Waals surface area contributed by atoms with Gasteiger partial charge in [0.15, 0.2) is 0 Å². The summed E-state index contributed by atoms with van der Waals surface area (Å²) in [6, 6.07) is 0. The maximum Gasteiger partial charge on any atom is -0.0314 e. The van der Waals surface area contributed by atoms with E-state index in [2.05, 4.69) is 41.5 Å². The van der Waals surface area contributed by atoms with E-state index in [0.29, 0.717) is 10.8 Å². The molecule has 1 fully saturated rings. The van der Waals surface area contributed by atoms with Crippen LogP contribution in [0.1, 0.15) is 67.2 Å². The number of rotatable bonds is 2. The van der Waals surface area contributed by atoms with E-state index in [1.54, 1.807) is 0 Å². The van der Waals surface area contributed by atoms with Crippen LogP contribution in [0.15, 0.2) is 0 Å². The second-order valence-corrected chi connectivity index (χ2v) is 6.62. The molecule has 0 bridgehead atoms. The fourth-order valence-electron chi connectivity index (χ4n) is 4.30. The van der Waals surface area contributed by atoms with Gasteiger partial charge in [-0.25, -0.2) is 0 Å². The molecule has 0 heterocycles. The molecule has 0 spiro atoms. The van der Waals surface area contributed by atoms with E-state index in [9.17, 15) is 0 Å². The Balaban J connectivity index is 2.87. The highest BCUT2D eigenvalue weighted by Gasteiger charge is 2.45. The van der Waals surface area contributed by atoms with Crippen molar-refractivity contribution in [2.24, 2.45) is 22.7 Å². The van der Waals surface area contributed by atoms with Crippen LogP contribution < -0.4 is 0 Å². The Morgan fingerprint density at radius 1 is 0.857 bits per heavy atom. The summed E-state index contributed by atoms with van der Waals surface area (Å²) in [7, 11) is 0. The molecule has 0 aromatic rings. The smallest absolute Gasteiger partial charge is 0.0314 e. The summed E-state index contributed by atoms with van der Waals surface area (Å²) in [5.41, 5.74) is 1.11. The minimum Gasteiger partial charge on any atom is -0.0651 e. The standard InChI is InChI=1S/C14H28/c1-7-11-9-13(3,4)12(8-2)14(5,6)10-11/h11-12H,7-10H2,1-6H3. The normalized spacial score (nSPS) is 35.6. The first-order valence-corrected chi connectivity index (χ1v) is 6.33. The molecule has 1 saturated carbocycles. The van der Waals surface area contributed by atoms with Gasteiger partial charge in [0.05, 0.1) is 0 Å². The monoisotopic (exact) mass is 196 g/mol. The summed E-state index contributed by atoms with van der Waals surface area (Å²) >= 11 is 0. The quantitative estimate of drug-likeness (QED) is 0.590. The van der Waals surface area contributed by atoms with Crippen LogP contribution in [0.5, 0.6) is 0 Å². The van der Waals surface area contributed by atoms with Gasteiger partial charge in [-0.15, -0.1) is 0 Å². The highest BCUT2D eigenvalue weighted by Crippen LogP contribution is 2.54. The lowest BCUT2D eigenvalue weighted by Crippen LogP contribution is -2.43. The fourth-order valence-corrected chi connectivity index (χ4v) is 4.30. The van der Waals surface area contributed by atoms with Crippen LogP contribution in [-0.2, 0) is 0 Å². The average Bonchev–Trinajstić information content (AvgIpc) is 2.00. The van der Waals surface area contributed by atoms with Gasteiger partial charge in [0, 0.05) is 0 Å². The number of hydrogen-bond acceptors (Lipinski definition) is 0. The molecule has 84 valence electrons. The van der Waals surface area contributed by atoms with Crippen molar-refractivity contribution in [1.29, 1.82) is 0 Å². The molecule has 0 unspecified atom stereocenters. The SMILES string of the molecule is CCC1CC(C)(C)C(CC)C(C)(C)C1. The maximum atomic E-state index is 2.48. The maximum absolute atomic E-state index is 2.48. The Morgan fingerprint density at radius 3 is 1.57 bits per heavy atom. The zero-order chi connectivity index (χ0) is 11.0. The van der Waals surface area contributed by atoms with Gasteiger partial charge in [-0.1, -0.05) is 54.4 Å². The Morgan fingerprint density at radius 2 is 1.29 bits per heavy atom. The molecule has 0 N–H and O–H groups in total. The lowest BCUT2D eigenvalue weighted by molar-refractivity contribution is -0.0216. The van der Waals surface area contributed by atoms with Gasteiger partial charge in [-0.2, -0.15) is 0 Å². The lowest BCUT2D eigenvalue weighted by atomic mass is 9.53. The fraction of sp³-hybridized carbons (Fsp3) is 1.00. The van der Waals surface area contributed by atoms with E-state index >= 15 is 0 Å². The Labute approximate surface area is 90.5 Å².